The number of thiophene rings is 1. The Kier molecular flexibility index (Phi) is 2.41. The van der Waals surface area contributed by atoms with Gasteiger partial charge in [-0.3, -0.25) is 10.1 Å². The average Bonchev–Trinajstić information content (AvgIpc) is 2.71. The molecule has 2 rings (SSSR count). The molecule has 76 valence electrons. The molecule has 1 aliphatic rings. The maximum Gasteiger partial charge on any atom is 0.326 e. The Morgan fingerprint density at radius 3 is 2.64 bits per heavy atom. The first-order valence-electron chi connectivity index (χ1n) is 4.68. The van der Waals surface area contributed by atoms with E-state index in [0.29, 0.717) is 0 Å². The first kappa shape index (κ1) is 9.45. The molecule has 0 saturated carbocycles. The third-order valence-electron chi connectivity index (χ3n) is 2.45. The molecule has 1 aromatic heterocycles. The molecule has 0 aliphatic carbocycles. The number of hydrogen-bond donors (Lipinski definition) is 0. The van der Waals surface area contributed by atoms with E-state index in [-0.39, 0.29) is 9.92 Å². The maximum atomic E-state index is 10.6. The van der Waals surface area contributed by atoms with Crippen molar-refractivity contribution in [2.75, 3.05) is 18.0 Å². The van der Waals surface area contributed by atoms with E-state index in [2.05, 4.69) is 4.90 Å². The van der Waals surface area contributed by atoms with Gasteiger partial charge in [-0.05, 0) is 36.7 Å². The van der Waals surface area contributed by atoms with Crippen molar-refractivity contribution < 1.29 is 4.92 Å². The predicted molar refractivity (Wildman–Crippen MR) is 57.2 cm³/mol. The molecule has 0 spiro atoms. The fraction of sp³-hybridized carbons (Fsp3) is 0.556. The second-order valence-corrected chi connectivity index (χ2v) is 4.53. The second kappa shape index (κ2) is 3.57. The molecule has 5 heteroatoms. The Morgan fingerprint density at radius 2 is 2.14 bits per heavy atom. The van der Waals surface area contributed by atoms with Gasteiger partial charge in [0.25, 0.3) is 0 Å². The van der Waals surface area contributed by atoms with Gasteiger partial charge in [-0.1, -0.05) is 0 Å². The highest BCUT2D eigenvalue weighted by Gasteiger charge is 2.20. The largest absolute Gasteiger partial charge is 0.363 e. The topological polar surface area (TPSA) is 46.4 Å². The molecule has 1 aromatic rings. The molecule has 0 atom stereocenters. The van der Waals surface area contributed by atoms with Crippen LogP contribution in [0, 0.1) is 17.0 Å². The van der Waals surface area contributed by atoms with Crippen LogP contribution >= 0.6 is 11.3 Å². The molecule has 1 saturated heterocycles. The van der Waals surface area contributed by atoms with Crippen LogP contribution < -0.4 is 4.90 Å². The van der Waals surface area contributed by atoms with E-state index in [0.717, 1.165) is 23.7 Å². The van der Waals surface area contributed by atoms with Crippen LogP contribution in [-0.2, 0) is 0 Å². The molecule has 0 bridgehead atoms. The Labute approximate surface area is 86.3 Å². The zero-order chi connectivity index (χ0) is 10.1. The van der Waals surface area contributed by atoms with E-state index in [1.165, 1.54) is 24.2 Å². The highest BCUT2D eigenvalue weighted by Crippen LogP contribution is 2.37. The van der Waals surface area contributed by atoms with Crippen LogP contribution in [0.1, 0.15) is 18.4 Å². The van der Waals surface area contributed by atoms with E-state index in [1.54, 1.807) is 6.07 Å². The van der Waals surface area contributed by atoms with E-state index in [4.69, 9.17) is 0 Å². The molecule has 0 aromatic carbocycles. The summed E-state index contributed by atoms with van der Waals surface area (Å²) in [5.41, 5.74) is 1.03. The van der Waals surface area contributed by atoms with E-state index < -0.39 is 0 Å². The van der Waals surface area contributed by atoms with E-state index >= 15 is 0 Å². The zero-order valence-electron chi connectivity index (χ0n) is 8.02. The molecule has 2 heterocycles. The first-order valence-corrected chi connectivity index (χ1v) is 5.50. The van der Waals surface area contributed by atoms with Gasteiger partial charge in [0, 0.05) is 19.2 Å². The van der Waals surface area contributed by atoms with Crippen molar-refractivity contribution in [3.8, 4) is 0 Å². The summed E-state index contributed by atoms with van der Waals surface area (Å²) < 4.78 is 0. The summed E-state index contributed by atoms with van der Waals surface area (Å²) in [4.78, 5) is 12.5. The van der Waals surface area contributed by atoms with Gasteiger partial charge in [-0.25, -0.2) is 0 Å². The average molecular weight is 212 g/mol. The summed E-state index contributed by atoms with van der Waals surface area (Å²) in [6.07, 6.45) is 2.40. The van der Waals surface area contributed by atoms with Gasteiger partial charge in [0.05, 0.1) is 4.92 Å². The molecule has 1 fully saturated rings. The molecule has 0 amide bonds. The molecule has 4 nitrogen and oxygen atoms in total. The summed E-state index contributed by atoms with van der Waals surface area (Å²) in [5, 5.41) is 11.9. The van der Waals surface area contributed by atoms with Crippen molar-refractivity contribution in [2.24, 2.45) is 0 Å². The van der Waals surface area contributed by atoms with Crippen molar-refractivity contribution >= 4 is 21.3 Å². The summed E-state index contributed by atoms with van der Waals surface area (Å²) >= 11 is 1.29. The Morgan fingerprint density at radius 1 is 1.50 bits per heavy atom. The summed E-state index contributed by atoms with van der Waals surface area (Å²) in [6, 6.07) is 1.66. The van der Waals surface area contributed by atoms with Gasteiger partial charge in [-0.2, -0.15) is 0 Å². The molecule has 14 heavy (non-hydrogen) atoms. The minimum atomic E-state index is -0.308. The molecule has 1 aliphatic heterocycles. The van der Waals surface area contributed by atoms with Crippen molar-refractivity contribution in [3.05, 3.63) is 21.7 Å². The minimum Gasteiger partial charge on any atom is -0.363 e. The van der Waals surface area contributed by atoms with Crippen LogP contribution in [0.3, 0.4) is 0 Å². The van der Waals surface area contributed by atoms with Crippen LogP contribution in [0.15, 0.2) is 6.07 Å². The Balaban J connectivity index is 2.28. The van der Waals surface area contributed by atoms with Gasteiger partial charge >= 0.3 is 5.00 Å². The number of rotatable bonds is 2. The number of nitrogens with zero attached hydrogens (tertiary/aromatic N) is 2. The molecular formula is C9H12N2O2S. The second-order valence-electron chi connectivity index (χ2n) is 3.52. The van der Waals surface area contributed by atoms with Crippen molar-refractivity contribution in [1.29, 1.82) is 0 Å². The van der Waals surface area contributed by atoms with Crippen molar-refractivity contribution in [1.82, 2.24) is 0 Å². The molecule has 0 radical (unpaired) electrons. The van der Waals surface area contributed by atoms with E-state index in [9.17, 15) is 10.1 Å². The lowest BCUT2D eigenvalue weighted by Gasteiger charge is -2.15. The maximum absolute atomic E-state index is 10.6. The third kappa shape index (κ3) is 1.59. The van der Waals surface area contributed by atoms with Crippen LogP contribution in [0.25, 0.3) is 0 Å². The van der Waals surface area contributed by atoms with Gasteiger partial charge < -0.3 is 4.90 Å². The molecule has 0 N–H and O–H groups in total. The zero-order valence-corrected chi connectivity index (χ0v) is 8.84. The normalized spacial score (nSPS) is 16.2. The number of nitro groups is 1. The smallest absolute Gasteiger partial charge is 0.326 e. The van der Waals surface area contributed by atoms with E-state index in [1.807, 2.05) is 6.92 Å². The first-order chi connectivity index (χ1) is 6.68. The molecular weight excluding hydrogens is 200 g/mol. The number of anilines is 1. The lowest BCUT2D eigenvalue weighted by Crippen LogP contribution is -2.16. The summed E-state index contributed by atoms with van der Waals surface area (Å²) in [5.74, 6) is 0. The molecule has 0 unspecified atom stereocenters. The number of aryl methyl sites for hydroxylation is 1. The number of hydrogen-bond acceptors (Lipinski definition) is 4. The monoisotopic (exact) mass is 212 g/mol. The van der Waals surface area contributed by atoms with Gasteiger partial charge in [-0.15, -0.1) is 0 Å². The summed E-state index contributed by atoms with van der Waals surface area (Å²) in [7, 11) is 0. The van der Waals surface area contributed by atoms with Crippen molar-refractivity contribution in [2.45, 2.75) is 19.8 Å². The predicted octanol–water partition coefficient (Wildman–Crippen LogP) is 2.56. The van der Waals surface area contributed by atoms with Crippen molar-refractivity contribution in [3.63, 3.8) is 0 Å². The minimum absolute atomic E-state index is 0.254. The lowest BCUT2D eigenvalue weighted by atomic mass is 10.3. The fourth-order valence-corrected chi connectivity index (χ4v) is 2.82. The quantitative estimate of drug-likeness (QED) is 0.559. The van der Waals surface area contributed by atoms with Crippen LogP contribution in [0.2, 0.25) is 0 Å². The van der Waals surface area contributed by atoms with Gasteiger partial charge in [0.2, 0.25) is 0 Å². The van der Waals surface area contributed by atoms with Crippen LogP contribution in [-0.4, -0.2) is 18.0 Å². The SMILES string of the molecule is Cc1cc([N+](=O)[O-])sc1N1CCCC1. The Bertz CT molecular complexity index is 356. The highest BCUT2D eigenvalue weighted by atomic mass is 32.1. The summed E-state index contributed by atoms with van der Waals surface area (Å²) in [6.45, 7) is 4.02. The Hall–Kier alpha value is -1.10. The van der Waals surface area contributed by atoms with Gasteiger partial charge in [0.15, 0.2) is 0 Å². The fourth-order valence-electron chi connectivity index (χ4n) is 1.78. The van der Waals surface area contributed by atoms with Crippen LogP contribution in [0.4, 0.5) is 10.0 Å². The van der Waals surface area contributed by atoms with Crippen LogP contribution in [0.5, 0.6) is 0 Å². The highest BCUT2D eigenvalue weighted by molar-refractivity contribution is 7.19. The standard InChI is InChI=1S/C9H12N2O2S/c1-7-6-8(11(12)13)14-9(7)10-4-2-3-5-10/h6H,2-5H2,1H3. The third-order valence-corrected chi connectivity index (χ3v) is 3.70. The lowest BCUT2D eigenvalue weighted by molar-refractivity contribution is -0.380. The van der Waals surface area contributed by atoms with Gasteiger partial charge in [0.1, 0.15) is 5.00 Å².